The Hall–Kier alpha value is -0.910. The van der Waals surface area contributed by atoms with Crippen molar-refractivity contribution in [2.24, 2.45) is 0 Å². The monoisotopic (exact) mass is 280 g/mol. The Labute approximate surface area is 114 Å². The lowest BCUT2D eigenvalue weighted by Crippen LogP contribution is -2.37. The smallest absolute Gasteiger partial charge is 0.213 e. The van der Waals surface area contributed by atoms with Gasteiger partial charge in [-0.05, 0) is 31.4 Å². The third-order valence-corrected chi connectivity index (χ3v) is 5.44. The highest BCUT2D eigenvalue weighted by atomic mass is 32.2. The molecule has 5 heteroatoms. The molecule has 104 valence electrons. The van der Waals surface area contributed by atoms with Gasteiger partial charge in [-0.15, -0.1) is 0 Å². The summed E-state index contributed by atoms with van der Waals surface area (Å²) in [5.41, 5.74) is 1.23. The largest absolute Gasteiger partial charge is 0.313 e. The van der Waals surface area contributed by atoms with E-state index in [0.717, 1.165) is 25.8 Å². The predicted molar refractivity (Wildman–Crippen MR) is 75.5 cm³/mol. The first-order valence-electron chi connectivity index (χ1n) is 6.92. The van der Waals surface area contributed by atoms with Gasteiger partial charge in [-0.3, -0.25) is 0 Å². The van der Waals surface area contributed by atoms with E-state index in [4.69, 9.17) is 0 Å². The van der Waals surface area contributed by atoms with Gasteiger partial charge in [0.25, 0.3) is 0 Å². The molecular weight excluding hydrogens is 260 g/mol. The van der Waals surface area contributed by atoms with Crippen molar-refractivity contribution in [3.8, 4) is 0 Å². The Kier molecular flexibility index (Phi) is 3.60. The Morgan fingerprint density at radius 1 is 1.26 bits per heavy atom. The fourth-order valence-electron chi connectivity index (χ4n) is 2.84. The number of hydrogen-bond donors (Lipinski definition) is 2. The Balaban J connectivity index is 1.55. The number of sulfonamides is 1. The maximum absolute atomic E-state index is 12.1. The van der Waals surface area contributed by atoms with Gasteiger partial charge in [0.15, 0.2) is 0 Å². The van der Waals surface area contributed by atoms with Crippen molar-refractivity contribution in [3.63, 3.8) is 0 Å². The Morgan fingerprint density at radius 2 is 2.05 bits per heavy atom. The van der Waals surface area contributed by atoms with E-state index in [-0.39, 0.29) is 17.8 Å². The highest BCUT2D eigenvalue weighted by Crippen LogP contribution is 2.41. The van der Waals surface area contributed by atoms with E-state index in [1.807, 2.05) is 18.2 Å². The molecule has 1 heterocycles. The first kappa shape index (κ1) is 13.1. The van der Waals surface area contributed by atoms with E-state index in [1.54, 1.807) is 0 Å². The summed E-state index contributed by atoms with van der Waals surface area (Å²) in [5, 5.41) is 3.23. The average Bonchev–Trinajstić information content (AvgIpc) is 2.93. The lowest BCUT2D eigenvalue weighted by atomic mass is 10.1. The second-order valence-corrected chi connectivity index (χ2v) is 7.35. The van der Waals surface area contributed by atoms with Crippen LogP contribution < -0.4 is 10.0 Å². The number of nitrogens with one attached hydrogen (secondary N) is 2. The van der Waals surface area contributed by atoms with Crippen LogP contribution >= 0.6 is 0 Å². The summed E-state index contributed by atoms with van der Waals surface area (Å²) in [4.78, 5) is 0. The summed E-state index contributed by atoms with van der Waals surface area (Å²) in [6, 6.07) is 10.3. The lowest BCUT2D eigenvalue weighted by molar-refractivity contribution is 0.562. The predicted octanol–water partition coefficient (Wildman–Crippen LogP) is 1.21. The average molecular weight is 280 g/mol. The van der Waals surface area contributed by atoms with Crippen molar-refractivity contribution in [3.05, 3.63) is 35.9 Å². The van der Waals surface area contributed by atoms with Crippen LogP contribution in [0.15, 0.2) is 30.3 Å². The van der Waals surface area contributed by atoms with Gasteiger partial charge >= 0.3 is 0 Å². The summed E-state index contributed by atoms with van der Waals surface area (Å²) in [5.74, 6) is 0.567. The van der Waals surface area contributed by atoms with E-state index in [0.29, 0.717) is 5.92 Å². The minimum absolute atomic E-state index is 0.0915. The molecule has 0 spiro atoms. The molecule has 2 aliphatic rings. The topological polar surface area (TPSA) is 58.2 Å². The summed E-state index contributed by atoms with van der Waals surface area (Å²) >= 11 is 0. The molecular formula is C14H20N2O2S. The summed E-state index contributed by atoms with van der Waals surface area (Å²) in [7, 11) is -3.16. The third-order valence-electron chi connectivity index (χ3n) is 3.93. The molecule has 3 rings (SSSR count). The van der Waals surface area contributed by atoms with Crippen LogP contribution in [0.3, 0.4) is 0 Å². The van der Waals surface area contributed by atoms with Gasteiger partial charge in [-0.1, -0.05) is 30.3 Å². The van der Waals surface area contributed by atoms with Gasteiger partial charge in [0.05, 0.1) is 5.75 Å². The fraction of sp³-hybridized carbons (Fsp3) is 0.571. The minimum atomic E-state index is -3.16. The molecule has 0 radical (unpaired) electrons. The zero-order valence-electron chi connectivity index (χ0n) is 10.9. The van der Waals surface area contributed by atoms with Gasteiger partial charge < -0.3 is 5.32 Å². The number of hydrogen-bond acceptors (Lipinski definition) is 3. The van der Waals surface area contributed by atoms with Crippen LogP contribution in [0.2, 0.25) is 0 Å². The highest BCUT2D eigenvalue weighted by Gasteiger charge is 2.41. The van der Waals surface area contributed by atoms with Gasteiger partial charge in [0.2, 0.25) is 10.0 Å². The quantitative estimate of drug-likeness (QED) is 0.852. The van der Waals surface area contributed by atoms with Crippen molar-refractivity contribution in [2.45, 2.75) is 37.3 Å². The standard InChI is InChI=1S/C14H20N2O2S/c17-19(18,10-12-7-4-8-15-12)16-14-9-13(14)11-5-2-1-3-6-11/h1-3,5-6,12-16H,4,7-10H2. The number of benzene rings is 1. The normalized spacial score (nSPS) is 30.4. The maximum Gasteiger partial charge on any atom is 0.213 e. The van der Waals surface area contributed by atoms with Crippen molar-refractivity contribution < 1.29 is 8.42 Å². The van der Waals surface area contributed by atoms with Crippen molar-refractivity contribution >= 4 is 10.0 Å². The van der Waals surface area contributed by atoms with Crippen LogP contribution in [0, 0.1) is 0 Å². The van der Waals surface area contributed by atoms with Gasteiger partial charge in [-0.25, -0.2) is 13.1 Å². The molecule has 2 N–H and O–H groups in total. The molecule has 19 heavy (non-hydrogen) atoms. The van der Waals surface area contributed by atoms with Crippen molar-refractivity contribution in [1.29, 1.82) is 0 Å². The zero-order valence-corrected chi connectivity index (χ0v) is 11.7. The summed E-state index contributed by atoms with van der Waals surface area (Å²) in [6.45, 7) is 0.941. The molecule has 1 aliphatic carbocycles. The van der Waals surface area contributed by atoms with Crippen molar-refractivity contribution in [1.82, 2.24) is 10.0 Å². The molecule has 1 saturated heterocycles. The van der Waals surface area contributed by atoms with Crippen LogP contribution in [-0.4, -0.2) is 32.8 Å². The zero-order chi connectivity index (χ0) is 13.3. The van der Waals surface area contributed by atoms with E-state index < -0.39 is 10.0 Å². The SMILES string of the molecule is O=S(=O)(CC1CCCN1)NC1CC1c1ccccc1. The second-order valence-electron chi connectivity index (χ2n) is 5.55. The molecule has 3 unspecified atom stereocenters. The minimum Gasteiger partial charge on any atom is -0.313 e. The van der Waals surface area contributed by atoms with Gasteiger partial charge in [-0.2, -0.15) is 0 Å². The molecule has 0 aromatic heterocycles. The first-order valence-corrected chi connectivity index (χ1v) is 8.57. The fourth-order valence-corrected chi connectivity index (χ4v) is 4.47. The summed E-state index contributed by atoms with van der Waals surface area (Å²) < 4.78 is 27.0. The molecule has 1 saturated carbocycles. The molecule has 1 aromatic rings. The molecule has 3 atom stereocenters. The van der Waals surface area contributed by atoms with E-state index in [9.17, 15) is 8.42 Å². The molecule has 1 aromatic carbocycles. The van der Waals surface area contributed by atoms with E-state index in [1.165, 1.54) is 5.56 Å². The Morgan fingerprint density at radius 3 is 2.74 bits per heavy atom. The molecule has 2 fully saturated rings. The maximum atomic E-state index is 12.1. The second kappa shape index (κ2) is 5.23. The van der Waals surface area contributed by atoms with Crippen LogP contribution in [-0.2, 0) is 10.0 Å². The van der Waals surface area contributed by atoms with E-state index in [2.05, 4.69) is 22.2 Å². The number of rotatable bonds is 5. The molecule has 4 nitrogen and oxygen atoms in total. The van der Waals surface area contributed by atoms with Gasteiger partial charge in [0, 0.05) is 18.0 Å². The molecule has 0 bridgehead atoms. The van der Waals surface area contributed by atoms with Crippen molar-refractivity contribution in [2.75, 3.05) is 12.3 Å². The van der Waals surface area contributed by atoms with Crippen LogP contribution in [0.1, 0.15) is 30.7 Å². The molecule has 1 aliphatic heterocycles. The van der Waals surface area contributed by atoms with Gasteiger partial charge in [0.1, 0.15) is 0 Å². The van der Waals surface area contributed by atoms with Crippen LogP contribution in [0.25, 0.3) is 0 Å². The highest BCUT2D eigenvalue weighted by molar-refractivity contribution is 7.89. The third kappa shape index (κ3) is 3.35. The van der Waals surface area contributed by atoms with E-state index >= 15 is 0 Å². The van der Waals surface area contributed by atoms with Crippen LogP contribution in [0.5, 0.6) is 0 Å². The summed E-state index contributed by atoms with van der Waals surface area (Å²) in [6.07, 6.45) is 2.96. The molecule has 0 amide bonds. The lowest BCUT2D eigenvalue weighted by Gasteiger charge is -2.11. The first-order chi connectivity index (χ1) is 9.14. The Bertz CT molecular complexity index is 524. The van der Waals surface area contributed by atoms with Crippen LogP contribution in [0.4, 0.5) is 0 Å².